The van der Waals surface area contributed by atoms with Gasteiger partial charge < -0.3 is 15.4 Å². The van der Waals surface area contributed by atoms with Crippen LogP contribution in [-0.2, 0) is 9.53 Å². The second kappa shape index (κ2) is 7.41. The summed E-state index contributed by atoms with van der Waals surface area (Å²) in [6.07, 6.45) is 8.74. The normalized spacial score (nSPS) is 28.1. The zero-order valence-corrected chi connectivity index (χ0v) is 13.0. The lowest BCUT2D eigenvalue weighted by Crippen LogP contribution is -2.64. The Labute approximate surface area is 123 Å². The fraction of sp³-hybridized carbons (Fsp3) is 0.938. The summed E-state index contributed by atoms with van der Waals surface area (Å²) in [6.45, 7) is 6.38. The fourth-order valence-corrected chi connectivity index (χ4v) is 4.00. The average molecular weight is 282 g/mol. The molecule has 4 nitrogen and oxygen atoms in total. The van der Waals surface area contributed by atoms with Gasteiger partial charge in [0, 0.05) is 37.6 Å². The number of hydrogen-bond acceptors (Lipinski definition) is 3. The van der Waals surface area contributed by atoms with Crippen LogP contribution in [0.3, 0.4) is 0 Å². The standard InChI is InChI=1S/C16H30N2O2/c1-3-17-15(19)8-11-18-13-12-14(20-4-2)16(13)9-6-5-7-10-16/h13-14,18H,3-12H2,1-2H3,(H,17,19). The molecule has 0 aromatic rings. The van der Waals surface area contributed by atoms with Crippen molar-refractivity contribution >= 4 is 5.91 Å². The number of rotatable bonds is 7. The Kier molecular flexibility index (Phi) is 5.85. The molecule has 2 fully saturated rings. The first kappa shape index (κ1) is 15.8. The Morgan fingerprint density at radius 3 is 2.65 bits per heavy atom. The van der Waals surface area contributed by atoms with Crippen LogP contribution in [0.4, 0.5) is 0 Å². The minimum absolute atomic E-state index is 0.151. The molecule has 0 aromatic heterocycles. The van der Waals surface area contributed by atoms with Crippen molar-refractivity contribution in [3.63, 3.8) is 0 Å². The van der Waals surface area contributed by atoms with Crippen LogP contribution in [0.25, 0.3) is 0 Å². The smallest absolute Gasteiger partial charge is 0.221 e. The summed E-state index contributed by atoms with van der Waals surface area (Å²) in [5.74, 6) is 0.151. The number of ether oxygens (including phenoxy) is 1. The van der Waals surface area contributed by atoms with Crippen molar-refractivity contribution in [2.24, 2.45) is 5.41 Å². The van der Waals surface area contributed by atoms with Crippen molar-refractivity contribution in [3.8, 4) is 0 Å². The molecule has 2 rings (SSSR count). The summed E-state index contributed by atoms with van der Waals surface area (Å²) in [4.78, 5) is 11.5. The van der Waals surface area contributed by atoms with Gasteiger partial charge in [-0.2, -0.15) is 0 Å². The van der Waals surface area contributed by atoms with Gasteiger partial charge in [-0.15, -0.1) is 0 Å². The first-order valence-corrected chi connectivity index (χ1v) is 8.34. The molecule has 4 heteroatoms. The maximum Gasteiger partial charge on any atom is 0.221 e. The Morgan fingerprint density at radius 1 is 1.25 bits per heavy atom. The zero-order valence-electron chi connectivity index (χ0n) is 13.0. The van der Waals surface area contributed by atoms with Gasteiger partial charge in [0.1, 0.15) is 0 Å². The first-order valence-electron chi connectivity index (χ1n) is 8.34. The Morgan fingerprint density at radius 2 is 2.00 bits per heavy atom. The molecule has 1 spiro atoms. The first-order chi connectivity index (χ1) is 9.73. The van der Waals surface area contributed by atoms with Crippen LogP contribution in [-0.4, -0.2) is 37.7 Å². The molecule has 0 heterocycles. The van der Waals surface area contributed by atoms with E-state index < -0.39 is 0 Å². The van der Waals surface area contributed by atoms with E-state index in [1.54, 1.807) is 0 Å². The maximum absolute atomic E-state index is 11.5. The fourth-order valence-electron chi connectivity index (χ4n) is 4.00. The van der Waals surface area contributed by atoms with E-state index in [-0.39, 0.29) is 5.91 Å². The number of amides is 1. The van der Waals surface area contributed by atoms with E-state index in [1.807, 2.05) is 6.92 Å². The Bertz CT molecular complexity index is 314. The molecular weight excluding hydrogens is 252 g/mol. The second-order valence-electron chi connectivity index (χ2n) is 6.18. The third kappa shape index (κ3) is 3.34. The SMILES string of the molecule is CCNC(=O)CCNC1CC(OCC)C12CCCCC2. The van der Waals surface area contributed by atoms with Gasteiger partial charge in [0.2, 0.25) is 5.91 Å². The minimum atomic E-state index is 0.151. The van der Waals surface area contributed by atoms with Crippen LogP contribution in [0.1, 0.15) is 58.8 Å². The third-order valence-electron chi connectivity index (χ3n) is 5.05. The number of carbonyl (C=O) groups excluding carboxylic acids is 1. The third-order valence-corrected chi connectivity index (χ3v) is 5.05. The molecule has 0 aromatic carbocycles. The average Bonchev–Trinajstić information content (AvgIpc) is 2.46. The summed E-state index contributed by atoms with van der Waals surface area (Å²) in [5.41, 5.74) is 0.357. The van der Waals surface area contributed by atoms with Crippen molar-refractivity contribution in [1.29, 1.82) is 0 Å². The van der Waals surface area contributed by atoms with Crippen LogP contribution in [0.2, 0.25) is 0 Å². The Balaban J connectivity index is 1.80. The second-order valence-corrected chi connectivity index (χ2v) is 6.18. The molecule has 0 aliphatic heterocycles. The largest absolute Gasteiger partial charge is 0.378 e. The molecule has 0 bridgehead atoms. The van der Waals surface area contributed by atoms with E-state index >= 15 is 0 Å². The summed E-state index contributed by atoms with van der Waals surface area (Å²) < 4.78 is 5.95. The van der Waals surface area contributed by atoms with Crippen molar-refractivity contribution in [3.05, 3.63) is 0 Å². The van der Waals surface area contributed by atoms with E-state index in [0.717, 1.165) is 26.1 Å². The van der Waals surface area contributed by atoms with Crippen molar-refractivity contribution < 1.29 is 9.53 Å². The molecule has 2 saturated carbocycles. The van der Waals surface area contributed by atoms with Gasteiger partial charge in [0.15, 0.2) is 0 Å². The van der Waals surface area contributed by atoms with Crippen molar-refractivity contribution in [2.45, 2.75) is 70.9 Å². The lowest BCUT2D eigenvalue weighted by molar-refractivity contribution is -0.150. The molecular formula is C16H30N2O2. The lowest BCUT2D eigenvalue weighted by atomic mass is 9.55. The van der Waals surface area contributed by atoms with Crippen molar-refractivity contribution in [1.82, 2.24) is 10.6 Å². The molecule has 2 atom stereocenters. The Hall–Kier alpha value is -0.610. The maximum atomic E-state index is 11.5. The van der Waals surface area contributed by atoms with Gasteiger partial charge in [-0.1, -0.05) is 19.3 Å². The predicted molar refractivity (Wildman–Crippen MR) is 80.6 cm³/mol. The van der Waals surface area contributed by atoms with E-state index in [0.29, 0.717) is 24.0 Å². The number of nitrogens with one attached hydrogen (secondary N) is 2. The zero-order chi connectivity index (χ0) is 14.4. The molecule has 2 unspecified atom stereocenters. The summed E-state index contributed by atoms with van der Waals surface area (Å²) in [6, 6.07) is 0.550. The van der Waals surface area contributed by atoms with E-state index in [9.17, 15) is 4.79 Å². The van der Waals surface area contributed by atoms with Gasteiger partial charge in [-0.3, -0.25) is 4.79 Å². The summed E-state index contributed by atoms with van der Waals surface area (Å²) in [5, 5.41) is 6.47. The van der Waals surface area contributed by atoms with Crippen LogP contribution >= 0.6 is 0 Å². The summed E-state index contributed by atoms with van der Waals surface area (Å²) in [7, 11) is 0. The predicted octanol–water partition coefficient (Wildman–Crippen LogP) is 2.23. The van der Waals surface area contributed by atoms with Crippen molar-refractivity contribution in [2.75, 3.05) is 19.7 Å². The number of carbonyl (C=O) groups is 1. The molecule has 2 aliphatic rings. The van der Waals surface area contributed by atoms with Crippen LogP contribution in [0.15, 0.2) is 0 Å². The van der Waals surface area contributed by atoms with Crippen LogP contribution < -0.4 is 10.6 Å². The minimum Gasteiger partial charge on any atom is -0.378 e. The van der Waals surface area contributed by atoms with E-state index in [1.165, 1.54) is 32.1 Å². The molecule has 2 aliphatic carbocycles. The topological polar surface area (TPSA) is 50.4 Å². The van der Waals surface area contributed by atoms with Gasteiger partial charge in [0.25, 0.3) is 0 Å². The molecule has 1 amide bonds. The highest BCUT2D eigenvalue weighted by molar-refractivity contribution is 5.75. The highest BCUT2D eigenvalue weighted by Gasteiger charge is 2.55. The van der Waals surface area contributed by atoms with Gasteiger partial charge in [0.05, 0.1) is 6.10 Å². The van der Waals surface area contributed by atoms with Crippen LogP contribution in [0.5, 0.6) is 0 Å². The van der Waals surface area contributed by atoms with Crippen LogP contribution in [0, 0.1) is 5.41 Å². The summed E-state index contributed by atoms with van der Waals surface area (Å²) >= 11 is 0. The molecule has 116 valence electrons. The molecule has 20 heavy (non-hydrogen) atoms. The monoisotopic (exact) mass is 282 g/mol. The lowest BCUT2D eigenvalue weighted by Gasteiger charge is -2.58. The molecule has 0 saturated heterocycles. The highest BCUT2D eigenvalue weighted by Crippen LogP contribution is 2.53. The molecule has 2 N–H and O–H groups in total. The highest BCUT2D eigenvalue weighted by atomic mass is 16.5. The van der Waals surface area contributed by atoms with E-state index in [4.69, 9.17) is 4.74 Å². The van der Waals surface area contributed by atoms with Gasteiger partial charge in [-0.25, -0.2) is 0 Å². The quantitative estimate of drug-likeness (QED) is 0.753. The van der Waals surface area contributed by atoms with Gasteiger partial charge in [-0.05, 0) is 33.1 Å². The van der Waals surface area contributed by atoms with E-state index in [2.05, 4.69) is 17.6 Å². The van der Waals surface area contributed by atoms with Gasteiger partial charge >= 0.3 is 0 Å². The molecule has 0 radical (unpaired) electrons. The number of hydrogen-bond donors (Lipinski definition) is 2.